The van der Waals surface area contributed by atoms with Gasteiger partial charge in [0.15, 0.2) is 11.5 Å². The molecule has 0 spiro atoms. The van der Waals surface area contributed by atoms with Crippen molar-refractivity contribution in [3.05, 3.63) is 53.1 Å². The highest BCUT2D eigenvalue weighted by Gasteiger charge is 2.34. The number of urea groups is 1. The summed E-state index contributed by atoms with van der Waals surface area (Å²) < 4.78 is 17.1. The molecule has 8 heteroatoms. The first-order chi connectivity index (χ1) is 16.5. The quantitative estimate of drug-likeness (QED) is 0.751. The number of anilines is 1. The highest BCUT2D eigenvalue weighted by atomic mass is 16.5. The molecule has 3 aliphatic rings. The molecule has 3 atom stereocenters. The van der Waals surface area contributed by atoms with Crippen molar-refractivity contribution in [3.8, 4) is 11.5 Å². The zero-order valence-corrected chi connectivity index (χ0v) is 20.2. The lowest BCUT2D eigenvalue weighted by molar-refractivity contribution is 0.0305. The molecule has 0 aliphatic carbocycles. The maximum absolute atomic E-state index is 12.7. The molecule has 0 aromatic heterocycles. The molecule has 3 heterocycles. The van der Waals surface area contributed by atoms with Crippen LogP contribution in [0.25, 0.3) is 0 Å². The lowest BCUT2D eigenvalue weighted by Crippen LogP contribution is -2.42. The summed E-state index contributed by atoms with van der Waals surface area (Å²) in [5.74, 6) is 1.30. The molecule has 34 heavy (non-hydrogen) atoms. The fraction of sp³-hybridized carbons (Fsp3) is 0.462. The van der Waals surface area contributed by atoms with Crippen molar-refractivity contribution in [1.82, 2.24) is 10.3 Å². The van der Waals surface area contributed by atoms with E-state index >= 15 is 0 Å². The van der Waals surface area contributed by atoms with E-state index in [-0.39, 0.29) is 12.1 Å². The number of methoxy groups -OCH3 is 2. The van der Waals surface area contributed by atoms with Gasteiger partial charge in [-0.05, 0) is 56.0 Å². The molecule has 0 radical (unpaired) electrons. The van der Waals surface area contributed by atoms with Crippen LogP contribution < -0.4 is 19.7 Å². The van der Waals surface area contributed by atoms with Crippen molar-refractivity contribution in [2.24, 2.45) is 5.10 Å². The maximum Gasteiger partial charge on any atom is 0.337 e. The SMILES string of the molecule is CNC(=O)N1N=C(c2ccc(N3CC4CCC(C3)O4)cc2)c2cc(OC)c(OC)cc2C[C@@H]1C. The number of benzene rings is 2. The molecular formula is C26H32N4O4. The summed E-state index contributed by atoms with van der Waals surface area (Å²) in [6.07, 6.45) is 3.60. The lowest BCUT2D eigenvalue weighted by atomic mass is 9.94. The molecule has 2 aromatic carbocycles. The predicted molar refractivity (Wildman–Crippen MR) is 131 cm³/mol. The fourth-order valence-electron chi connectivity index (χ4n) is 5.20. The summed E-state index contributed by atoms with van der Waals surface area (Å²) in [7, 11) is 4.88. The molecule has 180 valence electrons. The van der Waals surface area contributed by atoms with E-state index in [9.17, 15) is 4.79 Å². The second-order valence-corrected chi connectivity index (χ2v) is 9.18. The number of carbonyl (C=O) groups is 1. The predicted octanol–water partition coefficient (Wildman–Crippen LogP) is 3.41. The lowest BCUT2D eigenvalue weighted by Gasteiger charge is -2.34. The topological polar surface area (TPSA) is 75.6 Å². The number of nitrogens with one attached hydrogen (secondary N) is 1. The summed E-state index contributed by atoms with van der Waals surface area (Å²) in [5.41, 5.74) is 4.85. The number of nitrogens with zero attached hydrogens (tertiary/aromatic N) is 3. The van der Waals surface area contributed by atoms with Crippen LogP contribution >= 0.6 is 0 Å². The maximum atomic E-state index is 12.7. The van der Waals surface area contributed by atoms with Crippen molar-refractivity contribution < 1.29 is 19.0 Å². The largest absolute Gasteiger partial charge is 0.493 e. The van der Waals surface area contributed by atoms with Crippen LogP contribution in [-0.4, -0.2) is 69.4 Å². The van der Waals surface area contributed by atoms with Gasteiger partial charge in [0, 0.05) is 37.0 Å². The Hall–Kier alpha value is -3.26. The molecule has 2 saturated heterocycles. The molecule has 2 aromatic rings. The van der Waals surface area contributed by atoms with Gasteiger partial charge >= 0.3 is 6.03 Å². The Labute approximate surface area is 200 Å². The van der Waals surface area contributed by atoms with Crippen LogP contribution in [0, 0.1) is 0 Å². The molecule has 2 amide bonds. The van der Waals surface area contributed by atoms with Gasteiger partial charge in [-0.25, -0.2) is 9.80 Å². The fourth-order valence-corrected chi connectivity index (χ4v) is 5.20. The van der Waals surface area contributed by atoms with Gasteiger partial charge < -0.3 is 24.4 Å². The third-order valence-electron chi connectivity index (χ3n) is 6.98. The molecule has 2 bridgehead atoms. The second-order valence-electron chi connectivity index (χ2n) is 9.18. The third kappa shape index (κ3) is 4.07. The average molecular weight is 465 g/mol. The minimum atomic E-state index is -0.239. The number of carbonyl (C=O) groups excluding carboxylic acids is 1. The Kier molecular flexibility index (Phi) is 6.08. The standard InChI is InChI=1S/C26H32N4O4/c1-16-11-18-12-23(32-3)24(33-4)13-22(18)25(28-30(16)26(31)27-2)17-5-7-19(8-6-17)29-14-20-9-10-21(15-29)34-20/h5-8,12-13,16,20-21H,9-11,14-15H2,1-4H3,(H,27,31)/t16-,20?,21?/m0/s1. The van der Waals surface area contributed by atoms with Gasteiger partial charge in [0.1, 0.15) is 0 Å². The number of morpholine rings is 1. The molecule has 0 saturated carbocycles. The van der Waals surface area contributed by atoms with Gasteiger partial charge in [-0.1, -0.05) is 12.1 Å². The number of hydrogen-bond donors (Lipinski definition) is 1. The highest BCUT2D eigenvalue weighted by Crippen LogP contribution is 2.35. The molecule has 8 nitrogen and oxygen atoms in total. The van der Waals surface area contributed by atoms with Crippen molar-refractivity contribution in [1.29, 1.82) is 0 Å². The summed E-state index contributed by atoms with van der Waals surface area (Å²) in [4.78, 5) is 15.1. The number of fused-ring (bicyclic) bond motifs is 3. The van der Waals surface area contributed by atoms with Crippen molar-refractivity contribution >= 4 is 17.4 Å². The van der Waals surface area contributed by atoms with Gasteiger partial charge in [-0.15, -0.1) is 0 Å². The Morgan fingerprint density at radius 1 is 1.06 bits per heavy atom. The van der Waals surface area contributed by atoms with E-state index in [1.807, 2.05) is 19.1 Å². The number of ether oxygens (including phenoxy) is 3. The average Bonchev–Trinajstić information content (AvgIpc) is 3.13. The molecular weight excluding hydrogens is 432 g/mol. The normalized spacial score (nSPS) is 23.6. The van der Waals surface area contributed by atoms with Crippen LogP contribution in [0.15, 0.2) is 41.5 Å². The Morgan fingerprint density at radius 3 is 2.32 bits per heavy atom. The zero-order chi connectivity index (χ0) is 23.8. The number of amides is 2. The van der Waals surface area contributed by atoms with Crippen molar-refractivity contribution in [2.75, 3.05) is 39.3 Å². The van der Waals surface area contributed by atoms with Crippen molar-refractivity contribution in [3.63, 3.8) is 0 Å². The van der Waals surface area contributed by atoms with Gasteiger partial charge in [-0.3, -0.25) is 0 Å². The van der Waals surface area contributed by atoms with Gasteiger partial charge in [-0.2, -0.15) is 5.10 Å². The summed E-state index contributed by atoms with van der Waals surface area (Å²) in [6.45, 7) is 3.86. The van der Waals surface area contributed by atoms with Crippen LogP contribution in [0.2, 0.25) is 0 Å². The third-order valence-corrected chi connectivity index (χ3v) is 6.98. The molecule has 2 unspecified atom stereocenters. The van der Waals surface area contributed by atoms with E-state index in [1.165, 1.54) is 10.7 Å². The van der Waals surface area contributed by atoms with Crippen LogP contribution in [-0.2, 0) is 11.2 Å². The van der Waals surface area contributed by atoms with Crippen LogP contribution in [0.1, 0.15) is 36.5 Å². The molecule has 3 aliphatic heterocycles. The Balaban J connectivity index is 1.55. The first kappa shape index (κ1) is 22.5. The van der Waals surface area contributed by atoms with E-state index in [0.29, 0.717) is 30.1 Å². The minimum Gasteiger partial charge on any atom is -0.493 e. The number of hydrogen-bond acceptors (Lipinski definition) is 6. The van der Waals surface area contributed by atoms with Crippen LogP contribution in [0.4, 0.5) is 10.5 Å². The van der Waals surface area contributed by atoms with E-state index in [2.05, 4.69) is 34.5 Å². The zero-order valence-electron chi connectivity index (χ0n) is 20.2. The van der Waals surface area contributed by atoms with Crippen molar-refractivity contribution in [2.45, 2.75) is 44.4 Å². The number of rotatable bonds is 4. The van der Waals surface area contributed by atoms with E-state index < -0.39 is 0 Å². The summed E-state index contributed by atoms with van der Waals surface area (Å²) in [6, 6.07) is 12.0. The van der Waals surface area contributed by atoms with Crippen LogP contribution in [0.3, 0.4) is 0 Å². The minimum absolute atomic E-state index is 0.127. The Bertz CT molecular complexity index is 1090. The van der Waals surface area contributed by atoms with E-state index in [1.54, 1.807) is 21.3 Å². The van der Waals surface area contributed by atoms with Gasteiger partial charge in [0.25, 0.3) is 0 Å². The molecule has 2 fully saturated rings. The van der Waals surface area contributed by atoms with E-state index in [0.717, 1.165) is 48.3 Å². The molecule has 1 N–H and O–H groups in total. The Morgan fingerprint density at radius 2 is 1.71 bits per heavy atom. The highest BCUT2D eigenvalue weighted by molar-refractivity contribution is 6.14. The summed E-state index contributed by atoms with van der Waals surface area (Å²) in [5, 5.41) is 9.10. The number of hydrazone groups is 1. The van der Waals surface area contributed by atoms with E-state index in [4.69, 9.17) is 19.3 Å². The molecule has 5 rings (SSSR count). The van der Waals surface area contributed by atoms with Gasteiger partial charge in [0.2, 0.25) is 0 Å². The first-order valence-corrected chi connectivity index (χ1v) is 11.9. The first-order valence-electron chi connectivity index (χ1n) is 11.9. The summed E-state index contributed by atoms with van der Waals surface area (Å²) >= 11 is 0. The smallest absolute Gasteiger partial charge is 0.337 e. The second kappa shape index (κ2) is 9.18. The van der Waals surface area contributed by atoms with Gasteiger partial charge in [0.05, 0.1) is 38.2 Å². The van der Waals surface area contributed by atoms with Crippen LogP contribution in [0.5, 0.6) is 11.5 Å². The monoisotopic (exact) mass is 464 g/mol.